The molecule has 0 bridgehead atoms. The van der Waals surface area contributed by atoms with Crippen LogP contribution in [-0.4, -0.2) is 0 Å². The highest BCUT2D eigenvalue weighted by Crippen LogP contribution is 2.52. The first-order chi connectivity index (χ1) is 17.4. The van der Waals surface area contributed by atoms with E-state index in [0.717, 1.165) is 40.0 Å². The summed E-state index contributed by atoms with van der Waals surface area (Å²) in [7, 11) is 0. The van der Waals surface area contributed by atoms with Gasteiger partial charge in [-0.2, -0.15) is 17.6 Å². The van der Waals surface area contributed by atoms with Crippen molar-refractivity contribution in [2.75, 3.05) is 4.90 Å². The first-order valence-corrected chi connectivity index (χ1v) is 11.4. The number of rotatable bonds is 4. The summed E-state index contributed by atoms with van der Waals surface area (Å²) in [4.78, 5) is 2.12. The van der Waals surface area contributed by atoms with Crippen LogP contribution in [0, 0.1) is 0 Å². The summed E-state index contributed by atoms with van der Waals surface area (Å²) in [5.41, 5.74) is 2.25. The Kier molecular flexibility index (Phi) is 5.09. The van der Waals surface area contributed by atoms with E-state index in [1.165, 1.54) is 6.07 Å². The summed E-state index contributed by atoms with van der Waals surface area (Å²) in [6, 6.07) is 34.8. The van der Waals surface area contributed by atoms with Crippen LogP contribution in [0.1, 0.15) is 11.1 Å². The highest BCUT2D eigenvalue weighted by molar-refractivity contribution is 6.06. The molecule has 1 aliphatic rings. The number of para-hydroxylation sites is 2. The van der Waals surface area contributed by atoms with E-state index in [-0.39, 0.29) is 0 Å². The number of fused-ring (bicyclic) bond motifs is 2. The maximum atomic E-state index is 14.3. The van der Waals surface area contributed by atoms with E-state index in [1.807, 2.05) is 97.1 Å². The SMILES string of the molecule is FC1(F)OC(F)(F)c2cc(-c3ccc(N(c4ccccc4)c4ccccc4)c4ccccc34)ccc21. The van der Waals surface area contributed by atoms with Crippen molar-refractivity contribution in [3.05, 3.63) is 126 Å². The Bertz CT molecular complexity index is 1530. The largest absolute Gasteiger partial charge is 0.388 e. The molecule has 1 heterocycles. The number of hydrogen-bond acceptors (Lipinski definition) is 2. The Morgan fingerprint density at radius 2 is 1.08 bits per heavy atom. The van der Waals surface area contributed by atoms with Crippen LogP contribution in [-0.2, 0) is 17.0 Å². The lowest BCUT2D eigenvalue weighted by Gasteiger charge is -2.27. The summed E-state index contributed by atoms with van der Waals surface area (Å²) < 4.78 is 60.3. The van der Waals surface area contributed by atoms with Crippen LogP contribution in [0.2, 0.25) is 0 Å². The van der Waals surface area contributed by atoms with Gasteiger partial charge in [-0.1, -0.05) is 72.8 Å². The molecule has 0 spiro atoms. The van der Waals surface area contributed by atoms with Gasteiger partial charge in [0, 0.05) is 16.8 Å². The molecule has 0 aliphatic carbocycles. The molecule has 1 aliphatic heterocycles. The summed E-state index contributed by atoms with van der Waals surface area (Å²) in [6.07, 6.45) is -8.10. The minimum Gasteiger partial charge on any atom is -0.310 e. The molecule has 0 unspecified atom stereocenters. The zero-order valence-electron chi connectivity index (χ0n) is 18.8. The molecule has 36 heavy (non-hydrogen) atoms. The fourth-order valence-corrected chi connectivity index (χ4v) is 4.79. The summed E-state index contributed by atoms with van der Waals surface area (Å²) in [6.45, 7) is 0. The molecule has 0 aromatic heterocycles. The van der Waals surface area contributed by atoms with E-state index in [9.17, 15) is 17.6 Å². The van der Waals surface area contributed by atoms with Gasteiger partial charge in [-0.15, -0.1) is 0 Å². The maximum Gasteiger partial charge on any atom is 0.388 e. The number of anilines is 3. The van der Waals surface area contributed by atoms with E-state index in [1.54, 1.807) is 0 Å². The topological polar surface area (TPSA) is 12.5 Å². The lowest BCUT2D eigenvalue weighted by Crippen LogP contribution is -2.17. The Labute approximate surface area is 205 Å². The number of nitrogens with zero attached hydrogens (tertiary/aromatic N) is 1. The highest BCUT2D eigenvalue weighted by atomic mass is 19.3. The third-order valence-electron chi connectivity index (χ3n) is 6.38. The fraction of sp³-hybridized carbons (Fsp3) is 0.0667. The molecule has 5 aromatic carbocycles. The van der Waals surface area contributed by atoms with Crippen molar-refractivity contribution >= 4 is 27.8 Å². The molecule has 0 fully saturated rings. The number of ether oxygens (including phenoxy) is 1. The van der Waals surface area contributed by atoms with Crippen LogP contribution in [0.5, 0.6) is 0 Å². The molecule has 0 radical (unpaired) electrons. The Balaban J connectivity index is 1.55. The number of alkyl halides is 4. The number of hydrogen-bond donors (Lipinski definition) is 0. The van der Waals surface area contributed by atoms with Crippen molar-refractivity contribution in [1.29, 1.82) is 0 Å². The zero-order valence-corrected chi connectivity index (χ0v) is 18.8. The van der Waals surface area contributed by atoms with Crippen LogP contribution >= 0.6 is 0 Å². The van der Waals surface area contributed by atoms with Gasteiger partial charge in [-0.25, -0.2) is 4.74 Å². The fourth-order valence-electron chi connectivity index (χ4n) is 4.79. The molecule has 178 valence electrons. The molecule has 6 heteroatoms. The van der Waals surface area contributed by atoms with Gasteiger partial charge in [0.1, 0.15) is 0 Å². The highest BCUT2D eigenvalue weighted by Gasteiger charge is 2.57. The molecule has 0 saturated heterocycles. The molecule has 6 rings (SSSR count). The predicted octanol–water partition coefficient (Wildman–Crippen LogP) is 9.11. The van der Waals surface area contributed by atoms with E-state index in [4.69, 9.17) is 0 Å². The van der Waals surface area contributed by atoms with Crippen LogP contribution in [0.3, 0.4) is 0 Å². The standard InChI is InChI=1S/C30H19F4NO/c31-29(32)26-17-15-20(19-27(26)30(33,34)36-29)23-16-18-28(25-14-8-7-13-24(23)25)35(21-9-3-1-4-10-21)22-11-5-2-6-12-22/h1-19H. The van der Waals surface area contributed by atoms with Crippen molar-refractivity contribution < 1.29 is 22.3 Å². The third kappa shape index (κ3) is 3.62. The first kappa shape index (κ1) is 22.3. The van der Waals surface area contributed by atoms with E-state index in [2.05, 4.69) is 9.64 Å². The molecule has 0 atom stereocenters. The lowest BCUT2D eigenvalue weighted by molar-refractivity contribution is -0.369. The maximum absolute atomic E-state index is 14.3. The van der Waals surface area contributed by atoms with E-state index in [0.29, 0.717) is 11.1 Å². The third-order valence-corrected chi connectivity index (χ3v) is 6.38. The van der Waals surface area contributed by atoms with Crippen molar-refractivity contribution in [3.63, 3.8) is 0 Å². The second kappa shape index (κ2) is 8.21. The predicted molar refractivity (Wildman–Crippen MR) is 133 cm³/mol. The van der Waals surface area contributed by atoms with Gasteiger partial charge >= 0.3 is 12.2 Å². The van der Waals surface area contributed by atoms with Crippen molar-refractivity contribution in [2.24, 2.45) is 0 Å². The minimum absolute atomic E-state index is 0.406. The quantitative estimate of drug-likeness (QED) is 0.235. The molecule has 0 saturated carbocycles. The molecule has 2 nitrogen and oxygen atoms in total. The van der Waals surface area contributed by atoms with Crippen LogP contribution in [0.4, 0.5) is 34.6 Å². The van der Waals surface area contributed by atoms with Crippen LogP contribution in [0.25, 0.3) is 21.9 Å². The van der Waals surface area contributed by atoms with Crippen LogP contribution < -0.4 is 4.90 Å². The Hall–Kier alpha value is -4.16. The molecular weight excluding hydrogens is 466 g/mol. The average molecular weight is 485 g/mol. The second-order valence-corrected chi connectivity index (χ2v) is 8.58. The van der Waals surface area contributed by atoms with E-state index >= 15 is 0 Å². The second-order valence-electron chi connectivity index (χ2n) is 8.58. The van der Waals surface area contributed by atoms with Crippen molar-refractivity contribution in [3.8, 4) is 11.1 Å². The van der Waals surface area contributed by atoms with Gasteiger partial charge in [0.25, 0.3) is 0 Å². The minimum atomic E-state index is -4.07. The number of halogens is 4. The van der Waals surface area contributed by atoms with Crippen LogP contribution in [0.15, 0.2) is 115 Å². The van der Waals surface area contributed by atoms with Gasteiger partial charge in [-0.05, 0) is 59.0 Å². The van der Waals surface area contributed by atoms with Crippen molar-refractivity contribution in [1.82, 2.24) is 0 Å². The Morgan fingerprint density at radius 1 is 0.528 bits per heavy atom. The normalized spacial score (nSPS) is 15.6. The number of benzene rings is 5. The van der Waals surface area contributed by atoms with E-state index < -0.39 is 23.3 Å². The smallest absolute Gasteiger partial charge is 0.310 e. The molecular formula is C30H19F4NO. The van der Waals surface area contributed by atoms with Gasteiger partial charge in [0.05, 0.1) is 16.8 Å². The first-order valence-electron chi connectivity index (χ1n) is 11.4. The Morgan fingerprint density at radius 3 is 1.72 bits per heavy atom. The summed E-state index contributed by atoms with van der Waals surface area (Å²) in [5.74, 6) is 0. The lowest BCUT2D eigenvalue weighted by atomic mass is 9.94. The van der Waals surface area contributed by atoms with Crippen molar-refractivity contribution in [2.45, 2.75) is 12.2 Å². The molecule has 0 N–H and O–H groups in total. The zero-order chi connectivity index (χ0) is 24.9. The van der Waals surface area contributed by atoms with Gasteiger partial charge in [0.2, 0.25) is 0 Å². The van der Waals surface area contributed by atoms with Gasteiger partial charge in [0.15, 0.2) is 0 Å². The van der Waals surface area contributed by atoms with Gasteiger partial charge in [-0.3, -0.25) is 0 Å². The summed E-state index contributed by atoms with van der Waals surface area (Å²) >= 11 is 0. The monoisotopic (exact) mass is 485 g/mol. The summed E-state index contributed by atoms with van der Waals surface area (Å²) in [5, 5.41) is 1.69. The molecule has 0 amide bonds. The molecule has 5 aromatic rings. The average Bonchev–Trinajstić information content (AvgIpc) is 3.08. The van der Waals surface area contributed by atoms with Gasteiger partial charge < -0.3 is 4.90 Å².